The number of hydrogen-bond acceptors (Lipinski definition) is 3. The molecule has 21 heavy (non-hydrogen) atoms. The molecule has 4 heteroatoms. The number of aromatic nitrogens is 1. The molecule has 4 nitrogen and oxygen atoms in total. The van der Waals surface area contributed by atoms with Crippen molar-refractivity contribution in [1.82, 2.24) is 4.98 Å². The zero-order valence-corrected chi connectivity index (χ0v) is 11.6. The molecular formula is C17H17NO3. The third-order valence-electron chi connectivity index (χ3n) is 2.86. The first-order valence-corrected chi connectivity index (χ1v) is 6.77. The van der Waals surface area contributed by atoms with E-state index in [9.17, 15) is 4.79 Å². The van der Waals surface area contributed by atoms with E-state index in [0.717, 1.165) is 16.9 Å². The fraction of sp³-hybridized carbons (Fsp3) is 0.176. The van der Waals surface area contributed by atoms with Gasteiger partial charge in [0.2, 0.25) is 0 Å². The highest BCUT2D eigenvalue weighted by molar-refractivity contribution is 5.69. The van der Waals surface area contributed by atoms with E-state index < -0.39 is 5.97 Å². The highest BCUT2D eigenvalue weighted by Gasteiger charge is 1.98. The Kier molecular flexibility index (Phi) is 5.52. The summed E-state index contributed by atoms with van der Waals surface area (Å²) >= 11 is 0. The number of rotatable bonds is 7. The van der Waals surface area contributed by atoms with Gasteiger partial charge in [0.25, 0.3) is 0 Å². The van der Waals surface area contributed by atoms with Crippen LogP contribution < -0.4 is 4.74 Å². The Hall–Kier alpha value is -2.62. The molecule has 0 atom stereocenters. The van der Waals surface area contributed by atoms with Crippen LogP contribution in [0.25, 0.3) is 12.2 Å². The second-order valence-corrected chi connectivity index (χ2v) is 4.53. The molecule has 0 spiro atoms. The Balaban J connectivity index is 1.84. The number of benzene rings is 1. The minimum atomic E-state index is -0.796. The Morgan fingerprint density at radius 3 is 2.29 bits per heavy atom. The minimum absolute atomic E-state index is 0.132. The van der Waals surface area contributed by atoms with Gasteiger partial charge in [0.1, 0.15) is 5.75 Å². The zero-order chi connectivity index (χ0) is 14.9. The molecule has 0 bridgehead atoms. The van der Waals surface area contributed by atoms with Crippen molar-refractivity contribution in [1.29, 1.82) is 0 Å². The van der Waals surface area contributed by atoms with E-state index in [1.54, 1.807) is 12.4 Å². The molecule has 0 unspecified atom stereocenters. The van der Waals surface area contributed by atoms with E-state index in [-0.39, 0.29) is 6.42 Å². The van der Waals surface area contributed by atoms with Crippen LogP contribution in [0.1, 0.15) is 24.0 Å². The predicted molar refractivity (Wildman–Crippen MR) is 82.0 cm³/mol. The number of carboxylic acids is 1. The molecule has 1 aromatic carbocycles. The average molecular weight is 283 g/mol. The van der Waals surface area contributed by atoms with Gasteiger partial charge in [-0.1, -0.05) is 24.3 Å². The van der Waals surface area contributed by atoms with Gasteiger partial charge in [-0.25, -0.2) is 0 Å². The number of pyridine rings is 1. The molecule has 0 aliphatic heterocycles. The lowest BCUT2D eigenvalue weighted by Crippen LogP contribution is -2.01. The largest absolute Gasteiger partial charge is 0.494 e. The molecule has 0 fully saturated rings. The number of nitrogens with zero attached hydrogens (tertiary/aromatic N) is 1. The fourth-order valence-electron chi connectivity index (χ4n) is 1.76. The predicted octanol–water partition coefficient (Wildman–Crippen LogP) is 3.50. The minimum Gasteiger partial charge on any atom is -0.494 e. The summed E-state index contributed by atoms with van der Waals surface area (Å²) in [6, 6.07) is 11.6. The summed E-state index contributed by atoms with van der Waals surface area (Å²) in [7, 11) is 0. The Morgan fingerprint density at radius 2 is 1.67 bits per heavy atom. The van der Waals surface area contributed by atoms with Crippen molar-refractivity contribution in [3.05, 3.63) is 59.9 Å². The maximum atomic E-state index is 10.4. The van der Waals surface area contributed by atoms with Crippen LogP contribution >= 0.6 is 0 Å². The van der Waals surface area contributed by atoms with E-state index >= 15 is 0 Å². The molecule has 1 aromatic heterocycles. The lowest BCUT2D eigenvalue weighted by Gasteiger charge is -2.05. The summed E-state index contributed by atoms with van der Waals surface area (Å²) in [5, 5.41) is 8.53. The molecule has 1 heterocycles. The molecule has 0 radical (unpaired) electrons. The fourth-order valence-corrected chi connectivity index (χ4v) is 1.76. The molecule has 2 rings (SSSR count). The molecule has 0 saturated heterocycles. The summed E-state index contributed by atoms with van der Waals surface area (Å²) in [6.45, 7) is 0.415. The molecule has 0 saturated carbocycles. The SMILES string of the molecule is O=C(O)CCCOc1ccc(/C=C/c2ccncc2)cc1. The van der Waals surface area contributed by atoms with Crippen molar-refractivity contribution in [2.24, 2.45) is 0 Å². The summed E-state index contributed by atoms with van der Waals surface area (Å²) in [5.41, 5.74) is 2.17. The molecular weight excluding hydrogens is 266 g/mol. The second kappa shape index (κ2) is 7.85. The molecule has 2 aromatic rings. The summed E-state index contributed by atoms with van der Waals surface area (Å²) in [4.78, 5) is 14.3. The third-order valence-corrected chi connectivity index (χ3v) is 2.86. The average Bonchev–Trinajstić information content (AvgIpc) is 2.51. The second-order valence-electron chi connectivity index (χ2n) is 4.53. The van der Waals surface area contributed by atoms with Crippen LogP contribution in [0.3, 0.4) is 0 Å². The van der Waals surface area contributed by atoms with Gasteiger partial charge in [-0.3, -0.25) is 9.78 Å². The summed E-state index contributed by atoms with van der Waals surface area (Å²) in [6.07, 6.45) is 8.20. The van der Waals surface area contributed by atoms with Gasteiger partial charge in [0.05, 0.1) is 6.61 Å². The Bertz CT molecular complexity index is 591. The molecule has 0 aliphatic rings. The normalized spacial score (nSPS) is 10.7. The van der Waals surface area contributed by atoms with E-state index in [2.05, 4.69) is 4.98 Å². The van der Waals surface area contributed by atoms with Gasteiger partial charge < -0.3 is 9.84 Å². The van der Waals surface area contributed by atoms with Crippen molar-refractivity contribution in [3.8, 4) is 5.75 Å². The lowest BCUT2D eigenvalue weighted by molar-refractivity contribution is -0.137. The molecule has 0 aliphatic carbocycles. The first-order chi connectivity index (χ1) is 10.2. The van der Waals surface area contributed by atoms with Crippen molar-refractivity contribution in [3.63, 3.8) is 0 Å². The van der Waals surface area contributed by atoms with Crippen LogP contribution in [0.15, 0.2) is 48.8 Å². The highest BCUT2D eigenvalue weighted by atomic mass is 16.5. The monoisotopic (exact) mass is 283 g/mol. The van der Waals surface area contributed by atoms with Crippen molar-refractivity contribution >= 4 is 18.1 Å². The third kappa shape index (κ3) is 5.48. The van der Waals surface area contributed by atoms with Crippen LogP contribution in [-0.2, 0) is 4.79 Å². The van der Waals surface area contributed by atoms with E-state index in [4.69, 9.17) is 9.84 Å². The van der Waals surface area contributed by atoms with Gasteiger partial charge in [0, 0.05) is 18.8 Å². The molecule has 108 valence electrons. The Labute approximate surface area is 123 Å². The number of aliphatic carboxylic acids is 1. The highest BCUT2D eigenvalue weighted by Crippen LogP contribution is 2.14. The molecule has 1 N–H and O–H groups in total. The van der Waals surface area contributed by atoms with Crippen molar-refractivity contribution < 1.29 is 14.6 Å². The first-order valence-electron chi connectivity index (χ1n) is 6.77. The van der Waals surface area contributed by atoms with Gasteiger partial charge >= 0.3 is 5.97 Å². The van der Waals surface area contributed by atoms with Gasteiger partial charge in [-0.15, -0.1) is 0 Å². The number of carbonyl (C=O) groups is 1. The van der Waals surface area contributed by atoms with E-state index in [0.29, 0.717) is 13.0 Å². The first kappa shape index (κ1) is 14.8. The number of hydrogen-bond donors (Lipinski definition) is 1. The van der Waals surface area contributed by atoms with Crippen LogP contribution in [0.5, 0.6) is 5.75 Å². The van der Waals surface area contributed by atoms with Crippen molar-refractivity contribution in [2.75, 3.05) is 6.61 Å². The zero-order valence-electron chi connectivity index (χ0n) is 11.6. The Morgan fingerprint density at radius 1 is 1.05 bits per heavy atom. The van der Waals surface area contributed by atoms with Crippen LogP contribution in [0.2, 0.25) is 0 Å². The number of ether oxygens (including phenoxy) is 1. The van der Waals surface area contributed by atoms with Crippen LogP contribution in [0, 0.1) is 0 Å². The van der Waals surface area contributed by atoms with Gasteiger partial charge in [0.15, 0.2) is 0 Å². The maximum Gasteiger partial charge on any atom is 0.303 e. The smallest absolute Gasteiger partial charge is 0.303 e. The lowest BCUT2D eigenvalue weighted by atomic mass is 10.1. The number of carboxylic acid groups (broad SMARTS) is 1. The van der Waals surface area contributed by atoms with Gasteiger partial charge in [-0.2, -0.15) is 0 Å². The van der Waals surface area contributed by atoms with Crippen LogP contribution in [-0.4, -0.2) is 22.7 Å². The quantitative estimate of drug-likeness (QED) is 0.790. The van der Waals surface area contributed by atoms with E-state index in [1.165, 1.54) is 0 Å². The van der Waals surface area contributed by atoms with Crippen LogP contribution in [0.4, 0.5) is 0 Å². The van der Waals surface area contributed by atoms with E-state index in [1.807, 2.05) is 48.6 Å². The maximum absolute atomic E-state index is 10.4. The van der Waals surface area contributed by atoms with Crippen molar-refractivity contribution in [2.45, 2.75) is 12.8 Å². The topological polar surface area (TPSA) is 59.4 Å². The standard InChI is InChI=1S/C17H17NO3/c19-17(20)2-1-13-21-16-7-5-14(6-8-16)3-4-15-9-11-18-12-10-15/h3-12H,1-2,13H2,(H,19,20)/b4-3+. The van der Waals surface area contributed by atoms with Gasteiger partial charge in [-0.05, 0) is 41.8 Å². The summed E-state index contributed by atoms with van der Waals surface area (Å²) in [5.74, 6) is -0.0448. The molecule has 0 amide bonds. The summed E-state index contributed by atoms with van der Waals surface area (Å²) < 4.78 is 5.48.